The molecule has 120 valence electrons. The summed E-state index contributed by atoms with van der Waals surface area (Å²) < 4.78 is 0. The van der Waals surface area contributed by atoms with Crippen molar-refractivity contribution in [3.8, 4) is 0 Å². The number of nitro groups is 1. The van der Waals surface area contributed by atoms with E-state index < -0.39 is 0 Å². The molecule has 1 saturated heterocycles. The second-order valence-electron chi connectivity index (χ2n) is 6.14. The molecule has 6 nitrogen and oxygen atoms in total. The first-order valence-electron chi connectivity index (χ1n) is 7.69. The van der Waals surface area contributed by atoms with Crippen LogP contribution in [-0.4, -0.2) is 35.9 Å². The van der Waals surface area contributed by atoms with Gasteiger partial charge in [0.2, 0.25) is 0 Å². The Balaban J connectivity index is 2.04. The Morgan fingerprint density at radius 3 is 2.59 bits per heavy atom. The lowest BCUT2D eigenvalue weighted by Gasteiger charge is -2.37. The number of nitrogens with zero attached hydrogens (tertiary/aromatic N) is 3. The molecule has 0 radical (unpaired) electrons. The molecule has 0 saturated carbocycles. The van der Waals surface area contributed by atoms with E-state index in [1.807, 2.05) is 6.07 Å². The van der Waals surface area contributed by atoms with Crippen molar-refractivity contribution in [2.24, 2.45) is 16.8 Å². The second kappa shape index (κ2) is 7.24. The molecule has 2 rings (SSSR count). The molecule has 6 heteroatoms. The molecular formula is C16H24N4O2. The summed E-state index contributed by atoms with van der Waals surface area (Å²) in [4.78, 5) is 17.3. The van der Waals surface area contributed by atoms with Gasteiger partial charge in [-0.1, -0.05) is 32.0 Å². The van der Waals surface area contributed by atoms with Crippen molar-refractivity contribution in [3.63, 3.8) is 0 Å². The van der Waals surface area contributed by atoms with E-state index in [2.05, 4.69) is 29.1 Å². The summed E-state index contributed by atoms with van der Waals surface area (Å²) in [5, 5.41) is 14.3. The Morgan fingerprint density at radius 2 is 2.00 bits per heavy atom. The van der Waals surface area contributed by atoms with Crippen molar-refractivity contribution in [2.75, 3.05) is 20.1 Å². The summed E-state index contributed by atoms with van der Waals surface area (Å²) in [6.07, 6.45) is 1.23. The highest BCUT2D eigenvalue weighted by Crippen LogP contribution is 2.21. The number of nitro benzene ring substituents is 1. The van der Waals surface area contributed by atoms with Crippen molar-refractivity contribution in [1.29, 1.82) is 0 Å². The van der Waals surface area contributed by atoms with E-state index in [9.17, 15) is 10.1 Å². The molecule has 0 bridgehead atoms. The number of guanidine groups is 1. The van der Waals surface area contributed by atoms with Crippen LogP contribution < -0.4 is 5.32 Å². The summed E-state index contributed by atoms with van der Waals surface area (Å²) in [7, 11) is 1.76. The van der Waals surface area contributed by atoms with Gasteiger partial charge in [-0.2, -0.15) is 0 Å². The SMILES string of the molecule is CN=C(NCc1ccccc1[N+](=O)[O-])N1CC(C)CC(C)C1. The van der Waals surface area contributed by atoms with Gasteiger partial charge < -0.3 is 10.2 Å². The van der Waals surface area contributed by atoms with Gasteiger partial charge in [-0.05, 0) is 18.3 Å². The predicted octanol–water partition coefficient (Wildman–Crippen LogP) is 2.65. The summed E-state index contributed by atoms with van der Waals surface area (Å²) in [6, 6.07) is 6.81. The Bertz CT molecular complexity index is 549. The van der Waals surface area contributed by atoms with Gasteiger partial charge in [0.1, 0.15) is 0 Å². The Morgan fingerprint density at radius 1 is 1.36 bits per heavy atom. The molecule has 1 N–H and O–H groups in total. The summed E-state index contributed by atoms with van der Waals surface area (Å²) >= 11 is 0. The van der Waals surface area contributed by atoms with Gasteiger partial charge in [-0.15, -0.1) is 0 Å². The fourth-order valence-electron chi connectivity index (χ4n) is 3.18. The largest absolute Gasteiger partial charge is 0.352 e. The van der Waals surface area contributed by atoms with Crippen LogP contribution in [0.25, 0.3) is 0 Å². The van der Waals surface area contributed by atoms with Crippen molar-refractivity contribution >= 4 is 11.6 Å². The number of piperidine rings is 1. The maximum Gasteiger partial charge on any atom is 0.274 e. The van der Waals surface area contributed by atoms with Crippen LogP contribution in [0.5, 0.6) is 0 Å². The maximum atomic E-state index is 11.1. The van der Waals surface area contributed by atoms with E-state index in [-0.39, 0.29) is 10.6 Å². The molecule has 1 aromatic carbocycles. The molecule has 1 aliphatic rings. The standard InChI is InChI=1S/C16H24N4O2/c1-12-8-13(2)11-19(10-12)16(17-3)18-9-14-6-4-5-7-15(14)20(21)22/h4-7,12-13H,8-11H2,1-3H3,(H,17,18). The predicted molar refractivity (Wildman–Crippen MR) is 87.8 cm³/mol. The molecule has 2 unspecified atom stereocenters. The van der Waals surface area contributed by atoms with Gasteiger partial charge in [0.05, 0.1) is 4.92 Å². The number of nitrogens with one attached hydrogen (secondary N) is 1. The van der Waals surface area contributed by atoms with Crippen LogP contribution in [0.4, 0.5) is 5.69 Å². The molecule has 2 atom stereocenters. The topological polar surface area (TPSA) is 70.8 Å². The lowest BCUT2D eigenvalue weighted by Crippen LogP contribution is -2.48. The van der Waals surface area contributed by atoms with Crippen molar-refractivity contribution in [3.05, 3.63) is 39.9 Å². The smallest absolute Gasteiger partial charge is 0.274 e. The minimum absolute atomic E-state index is 0.144. The van der Waals surface area contributed by atoms with E-state index in [1.54, 1.807) is 19.2 Å². The van der Waals surface area contributed by atoms with Gasteiger partial charge in [0.25, 0.3) is 5.69 Å². The average Bonchev–Trinajstić information content (AvgIpc) is 2.47. The van der Waals surface area contributed by atoms with Crippen LogP contribution in [-0.2, 0) is 6.54 Å². The molecule has 1 fully saturated rings. The van der Waals surface area contributed by atoms with Gasteiger partial charge in [0, 0.05) is 38.3 Å². The van der Waals surface area contributed by atoms with Crippen LogP contribution in [0.3, 0.4) is 0 Å². The fourth-order valence-corrected chi connectivity index (χ4v) is 3.18. The highest BCUT2D eigenvalue weighted by atomic mass is 16.6. The zero-order chi connectivity index (χ0) is 16.1. The number of likely N-dealkylation sites (tertiary alicyclic amines) is 1. The van der Waals surface area contributed by atoms with Gasteiger partial charge >= 0.3 is 0 Å². The van der Waals surface area contributed by atoms with Crippen molar-refractivity contribution in [2.45, 2.75) is 26.8 Å². The van der Waals surface area contributed by atoms with Gasteiger partial charge in [0.15, 0.2) is 5.96 Å². The minimum atomic E-state index is -0.342. The summed E-state index contributed by atoms with van der Waals surface area (Å²) in [6.45, 7) is 6.85. The first kappa shape index (κ1) is 16.3. The lowest BCUT2D eigenvalue weighted by atomic mass is 9.92. The molecule has 0 spiro atoms. The van der Waals surface area contributed by atoms with E-state index in [1.165, 1.54) is 12.5 Å². The third-order valence-corrected chi connectivity index (χ3v) is 4.01. The maximum absolute atomic E-state index is 11.1. The van der Waals surface area contributed by atoms with E-state index in [4.69, 9.17) is 0 Å². The third kappa shape index (κ3) is 3.96. The summed E-state index contributed by atoms with van der Waals surface area (Å²) in [5.74, 6) is 2.08. The van der Waals surface area contributed by atoms with Gasteiger partial charge in [-0.3, -0.25) is 15.1 Å². The number of para-hydroxylation sites is 1. The molecule has 1 aliphatic heterocycles. The van der Waals surface area contributed by atoms with Crippen molar-refractivity contribution in [1.82, 2.24) is 10.2 Å². The van der Waals surface area contributed by atoms with E-state index >= 15 is 0 Å². The molecular weight excluding hydrogens is 280 g/mol. The number of hydrogen-bond donors (Lipinski definition) is 1. The van der Waals surface area contributed by atoms with Crippen molar-refractivity contribution < 1.29 is 4.92 Å². The molecule has 0 aliphatic carbocycles. The van der Waals surface area contributed by atoms with Crippen LogP contribution in [0.1, 0.15) is 25.8 Å². The first-order valence-corrected chi connectivity index (χ1v) is 7.69. The molecule has 1 aromatic rings. The average molecular weight is 304 g/mol. The number of aliphatic imine (C=N–C) groups is 1. The zero-order valence-corrected chi connectivity index (χ0v) is 13.5. The van der Waals surface area contributed by atoms with Crippen LogP contribution in [0.2, 0.25) is 0 Å². The monoisotopic (exact) mass is 304 g/mol. The highest BCUT2D eigenvalue weighted by Gasteiger charge is 2.24. The fraction of sp³-hybridized carbons (Fsp3) is 0.562. The molecule has 0 aromatic heterocycles. The highest BCUT2D eigenvalue weighted by molar-refractivity contribution is 5.80. The molecule has 22 heavy (non-hydrogen) atoms. The Kier molecular flexibility index (Phi) is 5.35. The third-order valence-electron chi connectivity index (χ3n) is 4.01. The quantitative estimate of drug-likeness (QED) is 0.403. The minimum Gasteiger partial charge on any atom is -0.352 e. The Labute approximate surface area is 131 Å². The lowest BCUT2D eigenvalue weighted by molar-refractivity contribution is -0.385. The Hall–Kier alpha value is -2.11. The molecule has 1 heterocycles. The van der Waals surface area contributed by atoms with Crippen LogP contribution in [0.15, 0.2) is 29.3 Å². The number of rotatable bonds is 3. The number of hydrogen-bond acceptors (Lipinski definition) is 3. The first-order chi connectivity index (χ1) is 10.5. The van der Waals surface area contributed by atoms with E-state index in [0.29, 0.717) is 23.9 Å². The van der Waals surface area contributed by atoms with Crippen LogP contribution in [0, 0.1) is 22.0 Å². The molecule has 0 amide bonds. The van der Waals surface area contributed by atoms with Gasteiger partial charge in [-0.25, -0.2) is 0 Å². The second-order valence-corrected chi connectivity index (χ2v) is 6.14. The van der Waals surface area contributed by atoms with E-state index in [0.717, 1.165) is 19.0 Å². The zero-order valence-electron chi connectivity index (χ0n) is 13.5. The summed E-state index contributed by atoms with van der Waals surface area (Å²) in [5.41, 5.74) is 0.817. The number of benzene rings is 1. The normalized spacial score (nSPS) is 22.5. The van der Waals surface area contributed by atoms with Crippen LogP contribution >= 0.6 is 0 Å².